The molecule has 19 heavy (non-hydrogen) atoms. The fraction of sp³-hybridized carbons (Fsp3) is 0.714. The SMILES string of the molecule is CC(C)(C)N1CCN(C(CN)c2ccc(Cl)s2)CC1. The zero-order chi connectivity index (χ0) is 14.0. The van der Waals surface area contributed by atoms with Gasteiger partial charge in [0.1, 0.15) is 0 Å². The van der Waals surface area contributed by atoms with Gasteiger partial charge in [-0.15, -0.1) is 11.3 Å². The second kappa shape index (κ2) is 6.10. The van der Waals surface area contributed by atoms with Crippen LogP contribution in [0, 0.1) is 0 Å². The Hall–Kier alpha value is -0.130. The highest BCUT2D eigenvalue weighted by Gasteiger charge is 2.29. The van der Waals surface area contributed by atoms with E-state index in [-0.39, 0.29) is 5.54 Å². The Bertz CT molecular complexity index is 405. The van der Waals surface area contributed by atoms with Crippen molar-refractivity contribution in [3.63, 3.8) is 0 Å². The molecule has 1 aromatic rings. The number of hydrogen-bond acceptors (Lipinski definition) is 4. The molecule has 2 rings (SSSR count). The molecule has 1 aliphatic rings. The normalized spacial score (nSPS) is 20.7. The third-order valence-corrected chi connectivity index (χ3v) is 5.18. The Morgan fingerprint density at radius 3 is 2.32 bits per heavy atom. The van der Waals surface area contributed by atoms with Crippen molar-refractivity contribution >= 4 is 22.9 Å². The van der Waals surface area contributed by atoms with E-state index in [9.17, 15) is 0 Å². The average Bonchev–Trinajstić information content (AvgIpc) is 2.76. The van der Waals surface area contributed by atoms with Crippen molar-refractivity contribution < 1.29 is 0 Å². The summed E-state index contributed by atoms with van der Waals surface area (Å²) in [7, 11) is 0. The molecule has 2 N–H and O–H groups in total. The topological polar surface area (TPSA) is 32.5 Å². The molecule has 108 valence electrons. The molecule has 0 bridgehead atoms. The minimum atomic E-state index is 0.260. The Balaban J connectivity index is 1.99. The van der Waals surface area contributed by atoms with Crippen LogP contribution in [0.5, 0.6) is 0 Å². The van der Waals surface area contributed by atoms with Crippen molar-refractivity contribution in [2.75, 3.05) is 32.7 Å². The number of hydrogen-bond donors (Lipinski definition) is 1. The second-order valence-corrected chi connectivity index (χ2v) is 7.83. The summed E-state index contributed by atoms with van der Waals surface area (Å²) in [4.78, 5) is 6.32. The summed E-state index contributed by atoms with van der Waals surface area (Å²) in [5.41, 5.74) is 6.23. The summed E-state index contributed by atoms with van der Waals surface area (Å²) < 4.78 is 0.849. The number of halogens is 1. The summed E-state index contributed by atoms with van der Waals surface area (Å²) in [5, 5.41) is 0. The van der Waals surface area contributed by atoms with Crippen molar-refractivity contribution in [1.29, 1.82) is 0 Å². The maximum absolute atomic E-state index is 6.03. The monoisotopic (exact) mass is 301 g/mol. The van der Waals surface area contributed by atoms with Gasteiger partial charge in [0.25, 0.3) is 0 Å². The van der Waals surface area contributed by atoms with E-state index < -0.39 is 0 Å². The Labute approximate surface area is 125 Å². The number of thiophene rings is 1. The van der Waals surface area contributed by atoms with Gasteiger partial charge in [-0.05, 0) is 32.9 Å². The van der Waals surface area contributed by atoms with Gasteiger partial charge >= 0.3 is 0 Å². The van der Waals surface area contributed by atoms with Gasteiger partial charge in [-0.25, -0.2) is 0 Å². The third-order valence-electron chi connectivity index (χ3n) is 3.85. The van der Waals surface area contributed by atoms with Crippen LogP contribution in [-0.2, 0) is 0 Å². The van der Waals surface area contributed by atoms with Crippen LogP contribution in [0.4, 0.5) is 0 Å². The molecule has 1 atom stereocenters. The smallest absolute Gasteiger partial charge is 0.0931 e. The minimum absolute atomic E-state index is 0.260. The fourth-order valence-corrected chi connectivity index (χ4v) is 3.87. The zero-order valence-electron chi connectivity index (χ0n) is 12.0. The molecule has 3 nitrogen and oxygen atoms in total. The maximum Gasteiger partial charge on any atom is 0.0931 e. The number of piperazine rings is 1. The lowest BCUT2D eigenvalue weighted by molar-refractivity contribution is 0.0440. The van der Waals surface area contributed by atoms with Crippen LogP contribution in [0.25, 0.3) is 0 Å². The van der Waals surface area contributed by atoms with Gasteiger partial charge < -0.3 is 5.73 Å². The van der Waals surface area contributed by atoms with E-state index in [0.717, 1.165) is 30.5 Å². The van der Waals surface area contributed by atoms with E-state index in [1.807, 2.05) is 6.07 Å². The molecule has 0 aromatic carbocycles. The molecule has 5 heteroatoms. The standard InChI is InChI=1S/C14H24ClN3S/c1-14(2,3)18-8-6-17(7-9-18)11(10-16)12-4-5-13(15)19-12/h4-5,11H,6-10,16H2,1-3H3. The molecule has 0 amide bonds. The van der Waals surface area contributed by atoms with Gasteiger partial charge in [0, 0.05) is 43.1 Å². The highest BCUT2D eigenvalue weighted by atomic mass is 35.5. The van der Waals surface area contributed by atoms with Crippen LogP contribution in [0.3, 0.4) is 0 Å². The molecule has 0 radical (unpaired) electrons. The van der Waals surface area contributed by atoms with Crippen molar-refractivity contribution in [3.8, 4) is 0 Å². The van der Waals surface area contributed by atoms with E-state index in [2.05, 4.69) is 36.6 Å². The zero-order valence-corrected chi connectivity index (χ0v) is 13.6. The number of rotatable bonds is 3. The Morgan fingerprint density at radius 1 is 1.26 bits per heavy atom. The van der Waals surface area contributed by atoms with Gasteiger partial charge in [0.15, 0.2) is 0 Å². The first-order valence-electron chi connectivity index (χ1n) is 6.86. The van der Waals surface area contributed by atoms with Crippen molar-refractivity contribution in [2.45, 2.75) is 32.4 Å². The molecule has 1 aromatic heterocycles. The predicted molar refractivity (Wildman–Crippen MR) is 84.0 cm³/mol. The fourth-order valence-electron chi connectivity index (χ4n) is 2.66. The van der Waals surface area contributed by atoms with Crippen molar-refractivity contribution in [1.82, 2.24) is 9.80 Å². The van der Waals surface area contributed by atoms with E-state index in [4.69, 9.17) is 17.3 Å². The molecule has 2 heterocycles. The first-order valence-corrected chi connectivity index (χ1v) is 8.05. The highest BCUT2D eigenvalue weighted by Crippen LogP contribution is 2.31. The van der Waals surface area contributed by atoms with Gasteiger partial charge in [-0.1, -0.05) is 11.6 Å². The van der Waals surface area contributed by atoms with Crippen LogP contribution in [0.15, 0.2) is 12.1 Å². The van der Waals surface area contributed by atoms with Gasteiger partial charge in [0.05, 0.1) is 10.4 Å². The lowest BCUT2D eigenvalue weighted by Crippen LogP contribution is -2.54. The molecule has 1 aliphatic heterocycles. The summed E-state index contributed by atoms with van der Waals surface area (Å²) in [6, 6.07) is 4.40. The van der Waals surface area contributed by atoms with Crippen LogP contribution in [0.1, 0.15) is 31.7 Å². The van der Waals surface area contributed by atoms with Gasteiger partial charge in [0.2, 0.25) is 0 Å². The molecule has 0 spiro atoms. The third kappa shape index (κ3) is 3.70. The van der Waals surface area contributed by atoms with Crippen LogP contribution in [0.2, 0.25) is 4.34 Å². The summed E-state index contributed by atoms with van der Waals surface area (Å²) in [6.07, 6.45) is 0. The van der Waals surface area contributed by atoms with E-state index >= 15 is 0 Å². The number of nitrogens with zero attached hydrogens (tertiary/aromatic N) is 2. The van der Waals surface area contributed by atoms with Crippen LogP contribution >= 0.6 is 22.9 Å². The van der Waals surface area contributed by atoms with E-state index in [1.54, 1.807) is 11.3 Å². The molecule has 1 unspecified atom stereocenters. The maximum atomic E-state index is 6.03. The Kier molecular flexibility index (Phi) is 4.90. The van der Waals surface area contributed by atoms with Crippen molar-refractivity contribution in [2.24, 2.45) is 5.73 Å². The summed E-state index contributed by atoms with van der Waals surface area (Å²) in [5.74, 6) is 0. The van der Waals surface area contributed by atoms with Crippen molar-refractivity contribution in [3.05, 3.63) is 21.3 Å². The minimum Gasteiger partial charge on any atom is -0.329 e. The molecule has 0 saturated carbocycles. The molecule has 1 saturated heterocycles. The van der Waals surface area contributed by atoms with E-state index in [0.29, 0.717) is 12.6 Å². The van der Waals surface area contributed by atoms with Crippen LogP contribution < -0.4 is 5.73 Å². The highest BCUT2D eigenvalue weighted by molar-refractivity contribution is 7.16. The quantitative estimate of drug-likeness (QED) is 0.932. The molecular weight excluding hydrogens is 278 g/mol. The second-order valence-electron chi connectivity index (χ2n) is 6.09. The first-order chi connectivity index (χ1) is 8.91. The summed E-state index contributed by atoms with van der Waals surface area (Å²) in [6.45, 7) is 11.9. The first kappa shape index (κ1) is 15.3. The van der Waals surface area contributed by atoms with Gasteiger partial charge in [-0.2, -0.15) is 0 Å². The molecule has 0 aliphatic carbocycles. The van der Waals surface area contributed by atoms with Gasteiger partial charge in [-0.3, -0.25) is 9.80 Å². The lowest BCUT2D eigenvalue weighted by atomic mass is 10.0. The summed E-state index contributed by atoms with van der Waals surface area (Å²) >= 11 is 7.68. The predicted octanol–water partition coefficient (Wildman–Crippen LogP) is 2.82. The Morgan fingerprint density at radius 2 is 1.89 bits per heavy atom. The largest absolute Gasteiger partial charge is 0.329 e. The average molecular weight is 302 g/mol. The van der Waals surface area contributed by atoms with E-state index in [1.165, 1.54) is 4.88 Å². The van der Waals surface area contributed by atoms with Crippen LogP contribution in [-0.4, -0.2) is 48.1 Å². The lowest BCUT2D eigenvalue weighted by Gasteiger charge is -2.44. The molecular formula is C14H24ClN3S. The number of nitrogens with two attached hydrogens (primary N) is 1. The molecule has 1 fully saturated rings.